The molecule has 0 spiro atoms. The number of nitrogens with zero attached hydrogens (tertiary/aromatic N) is 2. The maximum Gasteiger partial charge on any atom is 0.490 e. The van der Waals surface area contributed by atoms with Gasteiger partial charge in [0.25, 0.3) is 0 Å². The molecule has 3 atom stereocenters. The van der Waals surface area contributed by atoms with Gasteiger partial charge in [-0.3, -0.25) is 10.3 Å². The molecular formula is C16H20F3N3O4. The van der Waals surface area contributed by atoms with E-state index in [0.717, 1.165) is 0 Å². The predicted octanol–water partition coefficient (Wildman–Crippen LogP) is 2.11. The highest BCUT2D eigenvalue weighted by Gasteiger charge is 2.53. The van der Waals surface area contributed by atoms with Crippen LogP contribution in [0.15, 0.2) is 12.4 Å². The average molecular weight is 375 g/mol. The van der Waals surface area contributed by atoms with Crippen molar-refractivity contribution in [3.8, 4) is 5.88 Å². The van der Waals surface area contributed by atoms with Crippen LogP contribution in [0.2, 0.25) is 0 Å². The highest BCUT2D eigenvalue weighted by atomic mass is 19.4. The van der Waals surface area contributed by atoms with E-state index < -0.39 is 24.0 Å². The van der Waals surface area contributed by atoms with Crippen molar-refractivity contribution < 1.29 is 32.2 Å². The number of halogens is 3. The Morgan fingerprint density at radius 1 is 1.38 bits per heavy atom. The fraction of sp³-hybridized carbons (Fsp3) is 0.688. The maximum atomic E-state index is 12.5. The lowest BCUT2D eigenvalue weighted by atomic mass is 9.99. The number of carbonyl (C=O) groups excluding carboxylic acids is 1. The van der Waals surface area contributed by atoms with Crippen molar-refractivity contribution in [2.45, 2.75) is 63.3 Å². The molecule has 0 radical (unpaired) electrons. The molecular weight excluding hydrogens is 355 g/mol. The normalized spacial score (nSPS) is 28.0. The third-order valence-corrected chi connectivity index (χ3v) is 4.41. The minimum atomic E-state index is -5.02. The molecule has 2 fully saturated rings. The van der Waals surface area contributed by atoms with Gasteiger partial charge in [0.2, 0.25) is 5.88 Å². The Kier molecular flexibility index (Phi) is 5.33. The van der Waals surface area contributed by atoms with Crippen LogP contribution in [0.5, 0.6) is 5.88 Å². The van der Waals surface area contributed by atoms with E-state index in [-0.39, 0.29) is 18.3 Å². The largest absolute Gasteiger partial charge is 0.490 e. The molecule has 2 saturated heterocycles. The quantitative estimate of drug-likeness (QED) is 0.763. The Morgan fingerprint density at radius 3 is 2.85 bits per heavy atom. The lowest BCUT2D eigenvalue weighted by Crippen LogP contribution is -2.56. The number of hydrogen-bond donors (Lipinski definition) is 1. The summed E-state index contributed by atoms with van der Waals surface area (Å²) < 4.78 is 53.3. The average Bonchev–Trinajstić information content (AvgIpc) is 2.88. The van der Waals surface area contributed by atoms with Crippen LogP contribution in [-0.2, 0) is 20.9 Å². The number of alkyl halides is 3. The molecule has 0 saturated carbocycles. The van der Waals surface area contributed by atoms with Crippen LogP contribution in [-0.4, -0.2) is 46.6 Å². The van der Waals surface area contributed by atoms with Crippen LogP contribution in [0.3, 0.4) is 0 Å². The zero-order chi connectivity index (χ0) is 18.8. The van der Waals surface area contributed by atoms with Gasteiger partial charge in [0, 0.05) is 31.9 Å². The number of rotatable bonds is 6. The molecule has 144 valence electrons. The van der Waals surface area contributed by atoms with E-state index in [0.29, 0.717) is 38.2 Å². The van der Waals surface area contributed by atoms with Crippen LogP contribution in [0.1, 0.15) is 38.3 Å². The first-order chi connectivity index (χ1) is 12.3. The minimum Gasteiger partial charge on any atom is -0.473 e. The van der Waals surface area contributed by atoms with Crippen LogP contribution >= 0.6 is 0 Å². The number of ether oxygens (including phenoxy) is 3. The van der Waals surface area contributed by atoms with Crippen LogP contribution in [0.4, 0.5) is 13.2 Å². The highest BCUT2D eigenvalue weighted by molar-refractivity contribution is 5.76. The fourth-order valence-electron chi connectivity index (χ4n) is 3.33. The summed E-state index contributed by atoms with van der Waals surface area (Å²) in [5, 5.41) is 2.98. The van der Waals surface area contributed by atoms with Gasteiger partial charge in [-0.15, -0.1) is 0 Å². The highest BCUT2D eigenvalue weighted by Crippen LogP contribution is 2.39. The van der Waals surface area contributed by atoms with Gasteiger partial charge in [-0.1, -0.05) is 0 Å². The van der Waals surface area contributed by atoms with Crippen molar-refractivity contribution in [1.82, 2.24) is 15.3 Å². The van der Waals surface area contributed by atoms with E-state index in [1.165, 1.54) is 12.4 Å². The zero-order valence-electron chi connectivity index (χ0n) is 14.2. The van der Waals surface area contributed by atoms with Gasteiger partial charge in [0.15, 0.2) is 5.72 Å². The second-order valence-electron chi connectivity index (χ2n) is 6.42. The smallest absolute Gasteiger partial charge is 0.473 e. The molecule has 2 bridgehead atoms. The van der Waals surface area contributed by atoms with Gasteiger partial charge in [0.05, 0.1) is 24.7 Å². The first kappa shape index (κ1) is 18.8. The molecule has 26 heavy (non-hydrogen) atoms. The molecule has 3 heterocycles. The van der Waals surface area contributed by atoms with Gasteiger partial charge < -0.3 is 14.2 Å². The summed E-state index contributed by atoms with van der Waals surface area (Å²) in [5.74, 6) is -1.92. The lowest BCUT2D eigenvalue weighted by molar-refractivity contribution is -0.219. The Morgan fingerprint density at radius 2 is 2.19 bits per heavy atom. The van der Waals surface area contributed by atoms with Crippen LogP contribution in [0.25, 0.3) is 0 Å². The third kappa shape index (κ3) is 4.42. The monoisotopic (exact) mass is 375 g/mol. The standard InChI is InChI=1S/C16H20F3N3O4/c1-2-24-9-11-7-21-13(8-20-11)25-12-5-10-3-4-15(6-12,22-10)26-14(23)16(17,18)19/h7-8,10,12,22H,2-6,9H2,1H3. The van der Waals surface area contributed by atoms with Gasteiger partial charge in [0.1, 0.15) is 6.10 Å². The van der Waals surface area contributed by atoms with Crippen molar-refractivity contribution in [2.75, 3.05) is 6.61 Å². The summed E-state index contributed by atoms with van der Waals surface area (Å²) in [6.07, 6.45) is -0.822. The Hall–Kier alpha value is -1.94. The third-order valence-electron chi connectivity index (χ3n) is 4.41. The van der Waals surface area contributed by atoms with Gasteiger partial charge in [-0.05, 0) is 13.3 Å². The van der Waals surface area contributed by atoms with E-state index >= 15 is 0 Å². The molecule has 10 heteroatoms. The van der Waals surface area contributed by atoms with Gasteiger partial charge in [-0.25, -0.2) is 9.78 Å². The molecule has 0 amide bonds. The molecule has 3 unspecified atom stereocenters. The molecule has 3 rings (SSSR count). The maximum absolute atomic E-state index is 12.5. The number of carbonyl (C=O) groups is 1. The molecule has 7 nitrogen and oxygen atoms in total. The van der Waals surface area contributed by atoms with Crippen molar-refractivity contribution in [2.24, 2.45) is 0 Å². The van der Waals surface area contributed by atoms with Crippen molar-refractivity contribution in [1.29, 1.82) is 0 Å². The van der Waals surface area contributed by atoms with Crippen LogP contribution in [0, 0.1) is 0 Å². The van der Waals surface area contributed by atoms with E-state index in [1.54, 1.807) is 0 Å². The number of aromatic nitrogens is 2. The second-order valence-corrected chi connectivity index (χ2v) is 6.42. The number of nitrogens with one attached hydrogen (secondary N) is 1. The molecule has 2 aliphatic rings. The van der Waals surface area contributed by atoms with Crippen molar-refractivity contribution >= 4 is 5.97 Å². The van der Waals surface area contributed by atoms with Crippen molar-refractivity contribution in [3.05, 3.63) is 18.1 Å². The number of fused-ring (bicyclic) bond motifs is 2. The zero-order valence-corrected chi connectivity index (χ0v) is 14.2. The topological polar surface area (TPSA) is 82.6 Å². The summed E-state index contributed by atoms with van der Waals surface area (Å²) in [7, 11) is 0. The molecule has 0 aliphatic carbocycles. The number of esters is 1. The summed E-state index contributed by atoms with van der Waals surface area (Å²) in [5.41, 5.74) is -0.692. The summed E-state index contributed by atoms with van der Waals surface area (Å²) in [6.45, 7) is 2.78. The number of hydrogen-bond acceptors (Lipinski definition) is 7. The Bertz CT molecular complexity index is 641. The Labute approximate surface area is 148 Å². The van der Waals surface area contributed by atoms with Gasteiger partial charge >= 0.3 is 12.1 Å². The van der Waals surface area contributed by atoms with E-state index in [4.69, 9.17) is 14.2 Å². The predicted molar refractivity (Wildman–Crippen MR) is 82.0 cm³/mol. The van der Waals surface area contributed by atoms with E-state index in [9.17, 15) is 18.0 Å². The van der Waals surface area contributed by atoms with Crippen LogP contribution < -0.4 is 10.1 Å². The Balaban J connectivity index is 1.62. The first-order valence-corrected chi connectivity index (χ1v) is 8.43. The molecule has 1 aromatic heterocycles. The van der Waals surface area contributed by atoms with E-state index in [1.807, 2.05) is 6.92 Å². The SMILES string of the molecule is CCOCc1cnc(OC2CC3CCC(OC(=O)C(F)(F)F)(C2)N3)cn1. The minimum absolute atomic E-state index is 0.0695. The summed E-state index contributed by atoms with van der Waals surface area (Å²) in [6, 6.07) is -0.0695. The summed E-state index contributed by atoms with van der Waals surface area (Å²) >= 11 is 0. The fourth-order valence-corrected chi connectivity index (χ4v) is 3.33. The molecule has 0 aromatic carbocycles. The van der Waals surface area contributed by atoms with E-state index in [2.05, 4.69) is 15.3 Å². The number of piperidine rings is 1. The lowest BCUT2D eigenvalue weighted by Gasteiger charge is -2.38. The van der Waals surface area contributed by atoms with Gasteiger partial charge in [-0.2, -0.15) is 13.2 Å². The molecule has 1 N–H and O–H groups in total. The molecule has 1 aromatic rings. The van der Waals surface area contributed by atoms with Crippen molar-refractivity contribution in [3.63, 3.8) is 0 Å². The summed E-state index contributed by atoms with van der Waals surface area (Å²) in [4.78, 5) is 19.6. The second kappa shape index (κ2) is 7.36. The molecule has 2 aliphatic heterocycles. The first-order valence-electron chi connectivity index (χ1n) is 8.43.